The van der Waals surface area contributed by atoms with Gasteiger partial charge in [0.1, 0.15) is 5.41 Å². The van der Waals surface area contributed by atoms with Crippen LogP contribution in [0.5, 0.6) is 0 Å². The zero-order valence-electron chi connectivity index (χ0n) is 10.8. The predicted molar refractivity (Wildman–Crippen MR) is 64.2 cm³/mol. The zero-order valence-corrected chi connectivity index (χ0v) is 10.8. The second kappa shape index (κ2) is 4.76. The Labute approximate surface area is 106 Å². The Morgan fingerprint density at radius 1 is 1.50 bits per heavy atom. The average Bonchev–Trinajstić information content (AvgIpc) is 2.87. The Bertz CT molecular complexity index is 360. The van der Waals surface area contributed by atoms with Gasteiger partial charge in [-0.3, -0.25) is 4.79 Å². The molecule has 2 rings (SSSR count). The van der Waals surface area contributed by atoms with E-state index < -0.39 is 17.4 Å². The summed E-state index contributed by atoms with van der Waals surface area (Å²) in [4.78, 5) is 25.0. The van der Waals surface area contributed by atoms with E-state index in [1.807, 2.05) is 0 Å². The van der Waals surface area contributed by atoms with Crippen molar-refractivity contribution in [2.24, 2.45) is 11.3 Å². The van der Waals surface area contributed by atoms with Gasteiger partial charge in [0.15, 0.2) is 0 Å². The number of hydrogen-bond donors (Lipinski definition) is 2. The normalized spacial score (nSPS) is 35.8. The molecule has 2 N–H and O–H groups in total. The summed E-state index contributed by atoms with van der Waals surface area (Å²) in [5.41, 5.74) is -1.03. The van der Waals surface area contributed by atoms with Gasteiger partial charge in [0.25, 0.3) is 0 Å². The highest BCUT2D eigenvalue weighted by Gasteiger charge is 2.47. The van der Waals surface area contributed by atoms with Crippen LogP contribution < -0.4 is 5.32 Å². The molecule has 2 aliphatic rings. The van der Waals surface area contributed by atoms with Crippen LogP contribution in [0.4, 0.5) is 4.79 Å². The van der Waals surface area contributed by atoms with Gasteiger partial charge in [-0.05, 0) is 19.3 Å². The third kappa shape index (κ3) is 2.29. The second-order valence-electron chi connectivity index (χ2n) is 5.58. The molecule has 102 valence electrons. The maximum Gasteiger partial charge on any atom is 0.317 e. The van der Waals surface area contributed by atoms with Gasteiger partial charge in [0.2, 0.25) is 0 Å². The standard InChI is InChI=1S/C12H20N2O4/c1-8-3-4-14(5-8)11(17)13-9-6-18-7-12(9,2)10(15)16/h8-9H,3-7H2,1-2H3,(H,13,17)(H,15,16). The number of ether oxygens (including phenoxy) is 1. The lowest BCUT2D eigenvalue weighted by molar-refractivity contribution is -0.148. The molecule has 0 aromatic carbocycles. The molecule has 2 saturated heterocycles. The largest absolute Gasteiger partial charge is 0.481 e. The fourth-order valence-electron chi connectivity index (χ4n) is 2.44. The lowest BCUT2D eigenvalue weighted by atomic mass is 9.85. The SMILES string of the molecule is CC1CCN(C(=O)NC2COCC2(C)C(=O)O)C1. The van der Waals surface area contributed by atoms with Gasteiger partial charge >= 0.3 is 12.0 Å². The first-order chi connectivity index (χ1) is 8.43. The zero-order chi connectivity index (χ0) is 13.3. The fourth-order valence-corrected chi connectivity index (χ4v) is 2.44. The Morgan fingerprint density at radius 2 is 2.22 bits per heavy atom. The summed E-state index contributed by atoms with van der Waals surface area (Å²) < 4.78 is 5.20. The molecule has 6 nitrogen and oxygen atoms in total. The first-order valence-electron chi connectivity index (χ1n) is 6.30. The Morgan fingerprint density at radius 3 is 2.78 bits per heavy atom. The molecule has 0 spiro atoms. The third-order valence-electron chi connectivity index (χ3n) is 3.95. The summed E-state index contributed by atoms with van der Waals surface area (Å²) in [7, 11) is 0. The molecule has 3 unspecified atom stereocenters. The fraction of sp³-hybridized carbons (Fsp3) is 0.833. The first kappa shape index (κ1) is 13.1. The van der Waals surface area contributed by atoms with E-state index in [4.69, 9.17) is 4.74 Å². The summed E-state index contributed by atoms with van der Waals surface area (Å²) in [6.45, 7) is 5.60. The van der Waals surface area contributed by atoms with Crippen LogP contribution in [-0.2, 0) is 9.53 Å². The lowest BCUT2D eigenvalue weighted by Gasteiger charge is -2.27. The molecule has 2 fully saturated rings. The molecule has 6 heteroatoms. The Balaban J connectivity index is 1.96. The van der Waals surface area contributed by atoms with E-state index >= 15 is 0 Å². The smallest absolute Gasteiger partial charge is 0.317 e. The number of likely N-dealkylation sites (tertiary alicyclic amines) is 1. The number of carboxylic acids is 1. The maximum absolute atomic E-state index is 12.0. The van der Waals surface area contributed by atoms with Gasteiger partial charge in [0, 0.05) is 13.1 Å². The summed E-state index contributed by atoms with van der Waals surface area (Å²) in [5, 5.41) is 12.0. The third-order valence-corrected chi connectivity index (χ3v) is 3.95. The number of nitrogens with one attached hydrogen (secondary N) is 1. The number of carbonyl (C=O) groups is 2. The van der Waals surface area contributed by atoms with E-state index in [0.717, 1.165) is 19.5 Å². The molecule has 3 atom stereocenters. The molecule has 2 heterocycles. The molecule has 0 bridgehead atoms. The number of amides is 2. The van der Waals surface area contributed by atoms with Crippen molar-refractivity contribution in [3.05, 3.63) is 0 Å². The highest BCUT2D eigenvalue weighted by Crippen LogP contribution is 2.29. The van der Waals surface area contributed by atoms with Gasteiger partial charge in [-0.15, -0.1) is 0 Å². The first-order valence-corrected chi connectivity index (χ1v) is 6.30. The van der Waals surface area contributed by atoms with Crippen molar-refractivity contribution in [2.45, 2.75) is 26.3 Å². The maximum atomic E-state index is 12.0. The van der Waals surface area contributed by atoms with E-state index in [0.29, 0.717) is 5.92 Å². The summed E-state index contributed by atoms with van der Waals surface area (Å²) in [5.74, 6) is -0.415. The van der Waals surface area contributed by atoms with Crippen molar-refractivity contribution < 1.29 is 19.4 Å². The molecule has 0 aliphatic carbocycles. The van der Waals surface area contributed by atoms with Gasteiger partial charge in [-0.2, -0.15) is 0 Å². The number of aliphatic carboxylic acids is 1. The minimum Gasteiger partial charge on any atom is -0.481 e. The van der Waals surface area contributed by atoms with E-state index in [1.165, 1.54) is 0 Å². The molecule has 0 aromatic heterocycles. The second-order valence-corrected chi connectivity index (χ2v) is 5.58. The quantitative estimate of drug-likeness (QED) is 0.755. The minimum atomic E-state index is -1.03. The molecule has 0 radical (unpaired) electrons. The van der Waals surface area contributed by atoms with Gasteiger partial charge in [-0.25, -0.2) is 4.79 Å². The minimum absolute atomic E-state index is 0.143. The van der Waals surface area contributed by atoms with Crippen molar-refractivity contribution in [3.8, 4) is 0 Å². The molecule has 2 aliphatic heterocycles. The highest BCUT2D eigenvalue weighted by molar-refractivity contribution is 5.79. The number of urea groups is 1. The van der Waals surface area contributed by atoms with Crippen molar-refractivity contribution in [1.29, 1.82) is 0 Å². The number of nitrogens with zero attached hydrogens (tertiary/aromatic N) is 1. The van der Waals surface area contributed by atoms with E-state index in [9.17, 15) is 14.7 Å². The van der Waals surface area contributed by atoms with Crippen LogP contribution in [0.2, 0.25) is 0 Å². The van der Waals surface area contributed by atoms with Crippen LogP contribution >= 0.6 is 0 Å². The summed E-state index contributed by atoms with van der Waals surface area (Å²) in [6, 6.07) is -0.638. The number of carboxylic acid groups (broad SMARTS) is 1. The van der Waals surface area contributed by atoms with Gasteiger partial charge in [-0.1, -0.05) is 6.92 Å². The molecular formula is C12H20N2O4. The van der Waals surface area contributed by atoms with Crippen molar-refractivity contribution in [3.63, 3.8) is 0 Å². The Hall–Kier alpha value is -1.30. The van der Waals surface area contributed by atoms with Crippen LogP contribution in [0, 0.1) is 11.3 Å². The van der Waals surface area contributed by atoms with Gasteiger partial charge in [0.05, 0.1) is 19.3 Å². The van der Waals surface area contributed by atoms with E-state index in [2.05, 4.69) is 12.2 Å². The van der Waals surface area contributed by atoms with Crippen LogP contribution in [0.15, 0.2) is 0 Å². The molecule has 2 amide bonds. The number of rotatable bonds is 2. The predicted octanol–water partition coefficient (Wildman–Crippen LogP) is 0.527. The van der Waals surface area contributed by atoms with Crippen LogP contribution in [0.3, 0.4) is 0 Å². The Kier molecular flexibility index (Phi) is 3.47. The molecule has 0 saturated carbocycles. The van der Waals surface area contributed by atoms with E-state index in [1.54, 1.807) is 11.8 Å². The summed E-state index contributed by atoms with van der Waals surface area (Å²) >= 11 is 0. The molecule has 18 heavy (non-hydrogen) atoms. The van der Waals surface area contributed by atoms with Crippen LogP contribution in [-0.4, -0.2) is 54.4 Å². The lowest BCUT2D eigenvalue weighted by Crippen LogP contribution is -2.53. The van der Waals surface area contributed by atoms with Crippen molar-refractivity contribution in [2.75, 3.05) is 26.3 Å². The van der Waals surface area contributed by atoms with Crippen molar-refractivity contribution >= 4 is 12.0 Å². The van der Waals surface area contributed by atoms with Crippen molar-refractivity contribution in [1.82, 2.24) is 10.2 Å². The highest BCUT2D eigenvalue weighted by atomic mass is 16.5. The number of carbonyl (C=O) groups excluding carboxylic acids is 1. The summed E-state index contributed by atoms with van der Waals surface area (Å²) in [6.07, 6.45) is 1.00. The monoisotopic (exact) mass is 256 g/mol. The average molecular weight is 256 g/mol. The topological polar surface area (TPSA) is 78.9 Å². The van der Waals surface area contributed by atoms with Gasteiger partial charge < -0.3 is 20.1 Å². The number of hydrogen-bond acceptors (Lipinski definition) is 3. The molecule has 0 aromatic rings. The van der Waals surface area contributed by atoms with Crippen LogP contribution in [0.25, 0.3) is 0 Å². The van der Waals surface area contributed by atoms with Crippen LogP contribution in [0.1, 0.15) is 20.3 Å². The van der Waals surface area contributed by atoms with E-state index in [-0.39, 0.29) is 19.2 Å². The molecular weight excluding hydrogens is 236 g/mol.